The Bertz CT molecular complexity index is 1080. The standard InChI is InChI=1S/C25H30Si/c1-12-17-20-18-13(2)26-23(12)22(18)19(21(17)20)14-9-15(24(3,4)5)11-16(10-14)25(6,7)8/h9-11,13,20,26H,1-8H3. The average molecular weight is 359 g/mol. The Balaban J connectivity index is 1.84. The first-order valence-corrected chi connectivity index (χ1v) is 11.3. The number of benzene rings is 2. The van der Waals surface area contributed by atoms with Crippen molar-refractivity contribution in [2.24, 2.45) is 0 Å². The van der Waals surface area contributed by atoms with Gasteiger partial charge in [0.2, 0.25) is 0 Å². The molecule has 0 N–H and O–H groups in total. The summed E-state index contributed by atoms with van der Waals surface area (Å²) in [6.45, 7) is 18.9. The van der Waals surface area contributed by atoms with E-state index < -0.39 is 0 Å². The van der Waals surface area contributed by atoms with Crippen LogP contribution in [0.3, 0.4) is 0 Å². The summed E-state index contributed by atoms with van der Waals surface area (Å²) in [4.78, 5) is 1.74. The van der Waals surface area contributed by atoms with Crippen LogP contribution in [-0.2, 0) is 10.8 Å². The Hall–Kier alpha value is -1.47. The molecule has 2 aromatic rings. The third-order valence-corrected chi connectivity index (χ3v) is 8.76. The summed E-state index contributed by atoms with van der Waals surface area (Å²) in [5, 5.41) is 1.69. The fourth-order valence-electron chi connectivity index (χ4n) is 5.25. The van der Waals surface area contributed by atoms with Gasteiger partial charge in [-0.25, -0.2) is 0 Å². The fraction of sp³-hybridized carbons (Fsp3) is 0.480. The molecule has 0 radical (unpaired) electrons. The van der Waals surface area contributed by atoms with E-state index in [1.165, 1.54) is 16.7 Å². The zero-order chi connectivity index (χ0) is 18.8. The molecule has 0 nitrogen and oxygen atoms in total. The van der Waals surface area contributed by atoms with Gasteiger partial charge in [0.1, 0.15) is 0 Å². The minimum absolute atomic E-state index is 0.180. The van der Waals surface area contributed by atoms with Crippen LogP contribution in [0.5, 0.6) is 0 Å². The van der Waals surface area contributed by atoms with Gasteiger partial charge in [-0.1, -0.05) is 66.7 Å². The Kier molecular flexibility index (Phi) is 3.00. The number of hydrogen-bond donors (Lipinski definition) is 0. The highest BCUT2D eigenvalue weighted by Crippen LogP contribution is 2.62. The molecule has 4 aliphatic rings. The molecule has 26 heavy (non-hydrogen) atoms. The van der Waals surface area contributed by atoms with Crippen molar-refractivity contribution in [2.45, 2.75) is 77.7 Å². The summed E-state index contributed by atoms with van der Waals surface area (Å²) >= 11 is 0. The lowest BCUT2D eigenvalue weighted by molar-refractivity contribution is 0.569. The highest BCUT2D eigenvalue weighted by molar-refractivity contribution is 6.37. The van der Waals surface area contributed by atoms with Crippen LogP contribution in [0.2, 0.25) is 5.54 Å². The van der Waals surface area contributed by atoms with Crippen molar-refractivity contribution in [2.75, 3.05) is 0 Å². The van der Waals surface area contributed by atoms with E-state index >= 15 is 0 Å². The van der Waals surface area contributed by atoms with Gasteiger partial charge in [-0.05, 0) is 77.8 Å². The van der Waals surface area contributed by atoms with E-state index in [1.54, 1.807) is 37.9 Å². The Morgan fingerprint density at radius 2 is 1.42 bits per heavy atom. The average Bonchev–Trinajstić information content (AvgIpc) is 3.05. The Morgan fingerprint density at radius 1 is 0.846 bits per heavy atom. The lowest BCUT2D eigenvalue weighted by Crippen LogP contribution is -2.17. The second-order valence-electron chi connectivity index (χ2n) is 10.8. The van der Waals surface area contributed by atoms with Gasteiger partial charge >= 0.3 is 0 Å². The van der Waals surface area contributed by atoms with E-state index in [-0.39, 0.29) is 10.8 Å². The summed E-state index contributed by atoms with van der Waals surface area (Å²) in [6.07, 6.45) is 0. The van der Waals surface area contributed by atoms with Gasteiger partial charge in [-0.2, -0.15) is 0 Å². The van der Waals surface area contributed by atoms with Crippen LogP contribution in [-0.4, -0.2) is 9.13 Å². The molecule has 1 heterocycles. The summed E-state index contributed by atoms with van der Waals surface area (Å²) in [5.74, 6) is 0.713. The SMILES string of the molecule is Cc1c2c3c(-c4cc(C(C)(C)C)cc(C(C)(C)C)c4)c4c1=[SiH]C(C)C=4C23. The van der Waals surface area contributed by atoms with E-state index in [9.17, 15) is 0 Å². The molecule has 6 bridgehead atoms. The second kappa shape index (κ2) is 4.68. The molecule has 6 rings (SSSR count). The second-order valence-corrected chi connectivity index (χ2v) is 12.7. The molecule has 1 heteroatoms. The van der Waals surface area contributed by atoms with Crippen molar-refractivity contribution in [3.63, 3.8) is 0 Å². The molecule has 2 unspecified atom stereocenters. The van der Waals surface area contributed by atoms with Crippen molar-refractivity contribution < 1.29 is 0 Å². The van der Waals surface area contributed by atoms with Gasteiger partial charge < -0.3 is 0 Å². The molecule has 3 aliphatic carbocycles. The fourth-order valence-corrected chi connectivity index (χ4v) is 7.18. The normalized spacial score (nSPS) is 22.1. The molecular formula is C25H30Si. The molecule has 0 amide bonds. The molecule has 0 saturated heterocycles. The molecule has 0 fully saturated rings. The van der Waals surface area contributed by atoms with Crippen molar-refractivity contribution >= 4 is 14.7 Å². The van der Waals surface area contributed by atoms with E-state index in [4.69, 9.17) is 0 Å². The summed E-state index contributed by atoms with van der Waals surface area (Å²) < 4.78 is 0. The van der Waals surface area contributed by atoms with E-state index in [0.717, 1.165) is 5.54 Å². The van der Waals surface area contributed by atoms with Gasteiger partial charge in [-0.3, -0.25) is 0 Å². The van der Waals surface area contributed by atoms with Gasteiger partial charge in [0.15, 0.2) is 0 Å². The van der Waals surface area contributed by atoms with Crippen molar-refractivity contribution in [3.8, 4) is 11.1 Å². The largest absolute Gasteiger partial charge is 0.0584 e. The molecule has 0 spiro atoms. The predicted octanol–water partition coefficient (Wildman–Crippen LogP) is 5.38. The zero-order valence-electron chi connectivity index (χ0n) is 17.5. The highest BCUT2D eigenvalue weighted by Gasteiger charge is 2.49. The molecule has 1 aliphatic heterocycles. The minimum Gasteiger partial charge on any atom is -0.0584 e. The minimum atomic E-state index is 0.180. The molecule has 0 aromatic heterocycles. The zero-order valence-corrected chi connectivity index (χ0v) is 18.6. The Morgan fingerprint density at radius 3 is 1.96 bits per heavy atom. The van der Waals surface area contributed by atoms with E-state index in [1.807, 2.05) is 0 Å². The summed E-state index contributed by atoms with van der Waals surface area (Å²) in [5.41, 5.74) is 14.1. The molecule has 2 aromatic carbocycles. The van der Waals surface area contributed by atoms with Crippen LogP contribution < -0.4 is 5.22 Å². The third kappa shape index (κ3) is 1.98. The topological polar surface area (TPSA) is 0 Å². The number of rotatable bonds is 1. The smallest absolute Gasteiger partial charge is 0.0326 e. The molecule has 2 atom stereocenters. The van der Waals surface area contributed by atoms with Crippen molar-refractivity contribution in [1.29, 1.82) is 0 Å². The monoisotopic (exact) mass is 358 g/mol. The van der Waals surface area contributed by atoms with Crippen LogP contribution in [0.4, 0.5) is 0 Å². The summed E-state index contributed by atoms with van der Waals surface area (Å²) in [6, 6.07) is 7.44. The lowest BCUT2D eigenvalue weighted by Gasteiger charge is -2.26. The van der Waals surface area contributed by atoms with E-state index in [0.29, 0.717) is 15.0 Å². The molecular weight excluding hydrogens is 328 g/mol. The van der Waals surface area contributed by atoms with Crippen LogP contribution in [0, 0.1) is 11.7 Å². The van der Waals surface area contributed by atoms with Gasteiger partial charge in [-0.15, -0.1) is 0 Å². The van der Waals surface area contributed by atoms with Crippen molar-refractivity contribution in [3.05, 3.63) is 56.0 Å². The van der Waals surface area contributed by atoms with Crippen LogP contribution in [0.1, 0.15) is 82.2 Å². The van der Waals surface area contributed by atoms with Crippen LogP contribution in [0.25, 0.3) is 16.7 Å². The molecule has 134 valence electrons. The number of hydrogen-bond acceptors (Lipinski definition) is 0. The first-order valence-electron chi connectivity index (χ1n) is 10.1. The Labute approximate surface area is 159 Å². The van der Waals surface area contributed by atoms with Gasteiger partial charge in [0, 0.05) is 15.0 Å². The molecule has 0 saturated carbocycles. The predicted molar refractivity (Wildman–Crippen MR) is 114 cm³/mol. The summed E-state index contributed by atoms with van der Waals surface area (Å²) in [7, 11) is 0.432. The maximum Gasteiger partial charge on any atom is 0.0326 e. The highest BCUT2D eigenvalue weighted by atomic mass is 28.2. The van der Waals surface area contributed by atoms with Crippen molar-refractivity contribution in [1.82, 2.24) is 0 Å². The maximum absolute atomic E-state index is 2.50. The lowest BCUT2D eigenvalue weighted by atomic mass is 9.78. The first kappa shape index (κ1) is 16.7. The van der Waals surface area contributed by atoms with Gasteiger partial charge in [0.25, 0.3) is 0 Å². The van der Waals surface area contributed by atoms with Crippen LogP contribution >= 0.6 is 0 Å². The first-order chi connectivity index (χ1) is 12.0. The van der Waals surface area contributed by atoms with Crippen LogP contribution in [0.15, 0.2) is 18.2 Å². The maximum atomic E-state index is 2.50. The quantitative estimate of drug-likeness (QED) is 0.601. The third-order valence-electron chi connectivity index (χ3n) is 6.84. The van der Waals surface area contributed by atoms with E-state index in [2.05, 4.69) is 73.6 Å². The van der Waals surface area contributed by atoms with Gasteiger partial charge in [0.05, 0.1) is 0 Å².